The first-order valence-electron chi connectivity index (χ1n) is 35.4. The van der Waals surface area contributed by atoms with Gasteiger partial charge < -0.3 is 32.6 Å². The second-order valence-corrected chi connectivity index (χ2v) is 36.9. The molecule has 101 heavy (non-hydrogen) atoms. The zero-order valence-corrected chi connectivity index (χ0v) is 66.0. The monoisotopic (exact) mass is 1490 g/mol. The molecule has 0 unspecified atom stereocenters. The van der Waals surface area contributed by atoms with Gasteiger partial charge in [-0.15, -0.1) is 0 Å². The standard InChI is InChI=1S/2C26H31OS.2C13H20O5S.CH4O3S.CH4.Na/c2*1-4-5-6-13-18-27-26-21(2)19-25(20-22(26)3)28(23-14-9-7-10-15-23)24-16-11-8-12-17-24;2*14-12(18-1-2-19(15,16)17)13-6-9-3-10(7-13)5-11(4-9)8-13;1-5(2,3)4;;/h2*7-12,14-17,19-20H,4-6,13,18H2,1-3H3;2*9-11H,1-8H2,(H,15,16,17);1H3,(H,2,3,4);1H4;/q2*+1;;;;;+1/p-3. The molecule has 548 valence electrons. The van der Waals surface area contributed by atoms with Crippen molar-refractivity contribution in [2.75, 3.05) is 44.2 Å². The zero-order valence-electron chi connectivity index (χ0n) is 59.9. The maximum Gasteiger partial charge on any atom is 1.00 e. The Morgan fingerprint density at radius 1 is 0.406 bits per heavy atom. The summed E-state index contributed by atoms with van der Waals surface area (Å²) in [5.41, 5.74) is 4.18. The first-order valence-corrected chi connectivity index (χ1v) is 42.8. The third-order valence-corrected chi connectivity index (χ3v) is 25.5. The Labute approximate surface area is 632 Å². The SMILES string of the molecule is C.CCCCCCOc1c(C)cc([S+](c2ccccc2)c2ccccc2)cc1C.CCCCCCOc1c(C)cc([S+](c2ccccc2)c2ccccc2)cc1C.CS(=O)(=O)[O-].O=C(OCCS(=O)(=O)[O-])C12CC3CC(CC(C3)C1)C2.O=C(OCCS(=O)(=O)[O-])C12CC3CC(CC(C3)C1)C2.[Na+]. The Balaban J connectivity index is 0.000000208. The molecule has 15 nitrogen and oxygen atoms in total. The van der Waals surface area contributed by atoms with E-state index in [9.17, 15) is 35.5 Å². The van der Waals surface area contributed by atoms with E-state index in [1.54, 1.807) is 0 Å². The summed E-state index contributed by atoms with van der Waals surface area (Å²) in [5.74, 6) is 4.19. The molecule has 8 bridgehead atoms. The van der Waals surface area contributed by atoms with Crippen molar-refractivity contribution in [1.29, 1.82) is 0 Å². The summed E-state index contributed by atoms with van der Waals surface area (Å²) in [6, 6.07) is 52.5. The fraction of sp³-hybridized carbons (Fsp3) is 0.525. The van der Waals surface area contributed by atoms with E-state index >= 15 is 0 Å². The molecule has 0 atom stereocenters. The molecular formula is C80H107NaO15S5. The molecule has 0 N–H and O–H groups in total. The minimum atomic E-state index is -4.30. The van der Waals surface area contributed by atoms with E-state index in [0.717, 1.165) is 76.1 Å². The molecule has 21 heteroatoms. The van der Waals surface area contributed by atoms with Crippen LogP contribution in [0.3, 0.4) is 0 Å². The summed E-state index contributed by atoms with van der Waals surface area (Å²) in [7, 11) is -12.7. The van der Waals surface area contributed by atoms with Crippen molar-refractivity contribution in [3.63, 3.8) is 0 Å². The molecular weight excluding hydrogens is 1380 g/mol. The van der Waals surface area contributed by atoms with Crippen LogP contribution in [0.25, 0.3) is 0 Å². The summed E-state index contributed by atoms with van der Waals surface area (Å²) in [6.45, 7) is 14.2. The summed E-state index contributed by atoms with van der Waals surface area (Å²) in [4.78, 5) is 32.6. The van der Waals surface area contributed by atoms with Gasteiger partial charge in [-0.25, -0.2) is 25.3 Å². The molecule has 8 aliphatic carbocycles. The third-order valence-electron chi connectivity index (χ3n) is 19.8. The maximum atomic E-state index is 12.3. The molecule has 0 aromatic heterocycles. The number of ether oxygens (including phenoxy) is 4. The first-order chi connectivity index (χ1) is 47.1. The number of esters is 2. The van der Waals surface area contributed by atoms with E-state index in [2.05, 4.69) is 187 Å². The van der Waals surface area contributed by atoms with Crippen LogP contribution < -0.4 is 39.0 Å². The number of aryl methyl sites for hydroxylation is 4. The van der Waals surface area contributed by atoms with E-state index in [-0.39, 0.29) is 94.8 Å². The predicted octanol–water partition coefficient (Wildman–Crippen LogP) is 14.1. The van der Waals surface area contributed by atoms with Crippen molar-refractivity contribution in [2.45, 2.75) is 207 Å². The van der Waals surface area contributed by atoms with Gasteiger partial charge >= 0.3 is 41.5 Å². The van der Waals surface area contributed by atoms with Crippen molar-refractivity contribution >= 4 is 64.1 Å². The number of unbranched alkanes of at least 4 members (excludes halogenated alkanes) is 6. The zero-order chi connectivity index (χ0) is 71.4. The molecule has 8 saturated carbocycles. The quantitative estimate of drug-likeness (QED) is 0.0161. The molecule has 0 aliphatic heterocycles. The molecule has 0 radical (unpaired) electrons. The molecule has 8 fully saturated rings. The van der Waals surface area contributed by atoms with E-state index in [0.29, 0.717) is 41.8 Å². The molecule has 6 aromatic rings. The normalized spacial score (nSPS) is 21.9. The van der Waals surface area contributed by atoms with Gasteiger partial charge in [0.25, 0.3) is 0 Å². The van der Waals surface area contributed by atoms with Gasteiger partial charge in [0.15, 0.2) is 29.4 Å². The van der Waals surface area contributed by atoms with Crippen LogP contribution in [0.2, 0.25) is 0 Å². The van der Waals surface area contributed by atoms with E-state index in [1.807, 2.05) is 0 Å². The van der Waals surface area contributed by atoms with Gasteiger partial charge in [0.1, 0.15) is 24.7 Å². The second-order valence-electron chi connectivity index (χ2n) is 28.4. The summed E-state index contributed by atoms with van der Waals surface area (Å²) in [6.07, 6.45) is 23.2. The van der Waals surface area contributed by atoms with Gasteiger partial charge in [0, 0.05) is 30.5 Å². The summed E-state index contributed by atoms with van der Waals surface area (Å²) >= 11 is 0. The number of benzene rings is 6. The third kappa shape index (κ3) is 26.4. The van der Waals surface area contributed by atoms with Crippen LogP contribution in [0.5, 0.6) is 11.5 Å². The number of hydrogen-bond donors (Lipinski definition) is 0. The van der Waals surface area contributed by atoms with Crippen LogP contribution in [-0.4, -0.2) is 95.0 Å². The van der Waals surface area contributed by atoms with Crippen LogP contribution in [0.15, 0.2) is 175 Å². The summed E-state index contributed by atoms with van der Waals surface area (Å²) < 4.78 is 113. The van der Waals surface area contributed by atoms with Crippen LogP contribution in [0, 0.1) is 74.0 Å². The minimum Gasteiger partial charge on any atom is -0.748 e. The van der Waals surface area contributed by atoms with E-state index < -0.39 is 41.9 Å². The Kier molecular flexibility index (Phi) is 33.9. The largest absolute Gasteiger partial charge is 1.00 e. The van der Waals surface area contributed by atoms with Gasteiger partial charge in [-0.2, -0.15) is 0 Å². The molecule has 0 heterocycles. The molecule has 0 spiro atoms. The van der Waals surface area contributed by atoms with Gasteiger partial charge in [0.2, 0.25) is 0 Å². The van der Waals surface area contributed by atoms with Gasteiger partial charge in [-0.1, -0.05) is 133 Å². The molecule has 8 aliphatic rings. The maximum absolute atomic E-state index is 12.3. The van der Waals surface area contributed by atoms with Crippen molar-refractivity contribution in [2.24, 2.45) is 46.3 Å². The number of carbonyl (C=O) groups is 2. The smallest absolute Gasteiger partial charge is 0.748 e. The number of hydrogen-bond acceptors (Lipinski definition) is 15. The van der Waals surface area contributed by atoms with Crippen molar-refractivity contribution in [3.05, 3.63) is 168 Å². The first kappa shape index (κ1) is 85.2. The van der Waals surface area contributed by atoms with Crippen molar-refractivity contribution < 1.29 is 97.0 Å². The van der Waals surface area contributed by atoms with Crippen LogP contribution in [0.4, 0.5) is 0 Å². The number of rotatable bonds is 26. The Hall–Kier alpha value is -4.71. The molecule has 14 rings (SSSR count). The van der Waals surface area contributed by atoms with E-state index in [4.69, 9.17) is 31.9 Å². The van der Waals surface area contributed by atoms with Gasteiger partial charge in [-0.3, -0.25) is 9.59 Å². The summed E-state index contributed by atoms with van der Waals surface area (Å²) in [5, 5.41) is 0. The number of carbonyl (C=O) groups excluding carboxylic acids is 2. The van der Waals surface area contributed by atoms with Gasteiger partial charge in [0.05, 0.1) is 87.7 Å². The second kappa shape index (κ2) is 40.1. The predicted molar refractivity (Wildman–Crippen MR) is 396 cm³/mol. The Morgan fingerprint density at radius 3 is 0.861 bits per heavy atom. The Morgan fingerprint density at radius 2 is 0.644 bits per heavy atom. The Bertz CT molecular complexity index is 3460. The average molecular weight is 1490 g/mol. The van der Waals surface area contributed by atoms with Crippen LogP contribution in [0.1, 0.15) is 172 Å². The topological polar surface area (TPSA) is 243 Å². The average Bonchev–Trinajstić information content (AvgIpc) is 0.750. The van der Waals surface area contributed by atoms with Gasteiger partial charge in [-0.05, 0) is 224 Å². The molecule has 6 aromatic carbocycles. The van der Waals surface area contributed by atoms with Crippen molar-refractivity contribution in [3.8, 4) is 11.5 Å². The van der Waals surface area contributed by atoms with Crippen LogP contribution >= 0.6 is 0 Å². The minimum absolute atomic E-state index is 0. The van der Waals surface area contributed by atoms with Crippen molar-refractivity contribution in [1.82, 2.24) is 0 Å². The molecule has 0 saturated heterocycles. The fourth-order valence-electron chi connectivity index (χ4n) is 16.5. The fourth-order valence-corrected chi connectivity index (χ4v) is 21.6. The van der Waals surface area contributed by atoms with E-state index in [1.165, 1.54) is 129 Å². The van der Waals surface area contributed by atoms with Crippen LogP contribution in [-0.2, 0) is 71.2 Å². The molecule has 0 amide bonds.